The summed E-state index contributed by atoms with van der Waals surface area (Å²) in [7, 11) is 0. The van der Waals surface area contributed by atoms with Crippen molar-refractivity contribution >= 4 is 40.0 Å². The van der Waals surface area contributed by atoms with Gasteiger partial charge in [-0.2, -0.15) is 0 Å². The SMILES string of the molecule is Cc1nnc(N2C(=O)c3ccc(C(=O)OCC(=O)c4ccc(F)cc4)cc3C2=O)s1. The van der Waals surface area contributed by atoms with E-state index in [0.717, 1.165) is 28.4 Å². The van der Waals surface area contributed by atoms with Crippen molar-refractivity contribution in [3.63, 3.8) is 0 Å². The number of anilines is 1. The highest BCUT2D eigenvalue weighted by Crippen LogP contribution is 2.30. The number of aromatic nitrogens is 2. The number of carbonyl (C=O) groups excluding carboxylic acids is 4. The summed E-state index contributed by atoms with van der Waals surface area (Å²) in [5, 5.41) is 8.37. The molecule has 0 saturated heterocycles. The lowest BCUT2D eigenvalue weighted by atomic mass is 10.1. The average Bonchev–Trinajstić information content (AvgIpc) is 3.27. The molecule has 1 aromatic heterocycles. The minimum absolute atomic E-state index is 0.0112. The summed E-state index contributed by atoms with van der Waals surface area (Å²) in [6, 6.07) is 8.76. The van der Waals surface area contributed by atoms with Crippen molar-refractivity contribution in [2.45, 2.75) is 6.92 Å². The molecule has 0 aliphatic carbocycles. The number of rotatable bonds is 5. The fourth-order valence-electron chi connectivity index (χ4n) is 2.85. The number of halogens is 1. The molecule has 0 spiro atoms. The highest BCUT2D eigenvalue weighted by Gasteiger charge is 2.39. The molecule has 0 radical (unpaired) electrons. The lowest BCUT2D eigenvalue weighted by Crippen LogP contribution is -2.29. The standard InChI is InChI=1S/C20H12FN3O5S/c1-10-22-23-20(30-10)24-17(26)14-7-4-12(8-15(14)18(24)27)19(28)29-9-16(25)11-2-5-13(21)6-3-11/h2-8H,9H2,1H3. The number of Topliss-reactive ketones (excluding diaryl/α,β-unsaturated/α-hetero) is 1. The number of esters is 1. The van der Waals surface area contributed by atoms with Gasteiger partial charge in [-0.3, -0.25) is 14.4 Å². The number of ketones is 1. The zero-order chi connectivity index (χ0) is 21.4. The molecule has 10 heteroatoms. The Morgan fingerprint density at radius 3 is 2.33 bits per heavy atom. The predicted molar refractivity (Wildman–Crippen MR) is 103 cm³/mol. The lowest BCUT2D eigenvalue weighted by molar-refractivity contribution is 0.0474. The molecule has 1 aliphatic heterocycles. The number of amides is 2. The number of benzene rings is 2. The topological polar surface area (TPSA) is 107 Å². The second-order valence-electron chi connectivity index (χ2n) is 6.32. The largest absolute Gasteiger partial charge is 0.454 e. The van der Waals surface area contributed by atoms with Gasteiger partial charge in [0.1, 0.15) is 10.8 Å². The van der Waals surface area contributed by atoms with Gasteiger partial charge in [0.2, 0.25) is 5.13 Å². The van der Waals surface area contributed by atoms with E-state index in [-0.39, 0.29) is 27.4 Å². The molecule has 0 unspecified atom stereocenters. The van der Waals surface area contributed by atoms with E-state index in [2.05, 4.69) is 10.2 Å². The molecule has 2 aromatic carbocycles. The van der Waals surface area contributed by atoms with Crippen molar-refractivity contribution in [3.05, 3.63) is 75.5 Å². The van der Waals surface area contributed by atoms with Crippen LogP contribution in [0.1, 0.15) is 46.4 Å². The Labute approximate surface area is 172 Å². The van der Waals surface area contributed by atoms with Gasteiger partial charge in [-0.05, 0) is 49.4 Å². The number of imide groups is 1. The first-order valence-corrected chi connectivity index (χ1v) is 9.45. The van der Waals surface area contributed by atoms with Crippen LogP contribution < -0.4 is 4.90 Å². The molecule has 2 amide bonds. The van der Waals surface area contributed by atoms with Crippen LogP contribution >= 0.6 is 11.3 Å². The van der Waals surface area contributed by atoms with Crippen molar-refractivity contribution in [1.29, 1.82) is 0 Å². The van der Waals surface area contributed by atoms with Gasteiger partial charge in [0.05, 0.1) is 16.7 Å². The van der Waals surface area contributed by atoms with Crippen LogP contribution in [0.2, 0.25) is 0 Å². The van der Waals surface area contributed by atoms with Crippen LogP contribution in [0.15, 0.2) is 42.5 Å². The molecule has 8 nitrogen and oxygen atoms in total. The van der Waals surface area contributed by atoms with Crippen molar-refractivity contribution in [2.75, 3.05) is 11.5 Å². The summed E-state index contributed by atoms with van der Waals surface area (Å²) in [4.78, 5) is 50.5. The zero-order valence-electron chi connectivity index (χ0n) is 15.4. The Kier molecular flexibility index (Phi) is 4.92. The summed E-state index contributed by atoms with van der Waals surface area (Å²) in [6.07, 6.45) is 0. The lowest BCUT2D eigenvalue weighted by Gasteiger charge is -2.07. The minimum Gasteiger partial charge on any atom is -0.454 e. The van der Waals surface area contributed by atoms with Gasteiger partial charge in [0.15, 0.2) is 12.4 Å². The summed E-state index contributed by atoms with van der Waals surface area (Å²) in [6.45, 7) is 1.14. The Hall–Kier alpha value is -3.79. The minimum atomic E-state index is -0.835. The van der Waals surface area contributed by atoms with Gasteiger partial charge < -0.3 is 4.74 Å². The maximum Gasteiger partial charge on any atom is 0.338 e. The fourth-order valence-corrected chi connectivity index (χ4v) is 3.54. The van der Waals surface area contributed by atoms with Crippen molar-refractivity contribution < 1.29 is 28.3 Å². The molecule has 3 aromatic rings. The summed E-state index contributed by atoms with van der Waals surface area (Å²) in [5.74, 6) is -3.01. The van der Waals surface area contributed by atoms with Gasteiger partial charge in [0, 0.05) is 5.56 Å². The normalized spacial score (nSPS) is 12.8. The van der Waals surface area contributed by atoms with Gasteiger partial charge in [0.25, 0.3) is 11.8 Å². The Bertz CT molecular complexity index is 1210. The van der Waals surface area contributed by atoms with Crippen LogP contribution in [0.3, 0.4) is 0 Å². The van der Waals surface area contributed by atoms with E-state index in [1.54, 1.807) is 6.92 Å². The average molecular weight is 425 g/mol. The number of nitrogens with zero attached hydrogens (tertiary/aromatic N) is 3. The van der Waals surface area contributed by atoms with E-state index in [4.69, 9.17) is 4.74 Å². The maximum atomic E-state index is 12.9. The van der Waals surface area contributed by atoms with E-state index in [1.165, 1.54) is 30.3 Å². The number of aryl methyl sites for hydroxylation is 1. The first-order chi connectivity index (χ1) is 14.3. The van der Waals surface area contributed by atoms with E-state index in [9.17, 15) is 23.6 Å². The third kappa shape index (κ3) is 3.48. The van der Waals surface area contributed by atoms with Crippen LogP contribution in [-0.4, -0.2) is 40.4 Å². The van der Waals surface area contributed by atoms with E-state index >= 15 is 0 Å². The monoisotopic (exact) mass is 425 g/mol. The second-order valence-corrected chi connectivity index (χ2v) is 7.48. The third-order valence-electron chi connectivity index (χ3n) is 4.33. The van der Waals surface area contributed by atoms with Crippen LogP contribution in [0, 0.1) is 12.7 Å². The molecule has 30 heavy (non-hydrogen) atoms. The van der Waals surface area contributed by atoms with Crippen LogP contribution in [0.4, 0.5) is 9.52 Å². The second kappa shape index (κ2) is 7.56. The first-order valence-electron chi connectivity index (χ1n) is 8.64. The van der Waals surface area contributed by atoms with E-state index in [0.29, 0.717) is 5.01 Å². The molecular formula is C20H12FN3O5S. The van der Waals surface area contributed by atoms with E-state index < -0.39 is 36.0 Å². The van der Waals surface area contributed by atoms with Crippen molar-refractivity contribution in [1.82, 2.24) is 10.2 Å². The zero-order valence-corrected chi connectivity index (χ0v) is 16.2. The highest BCUT2D eigenvalue weighted by molar-refractivity contribution is 7.15. The van der Waals surface area contributed by atoms with Gasteiger partial charge in [-0.1, -0.05) is 11.3 Å². The molecule has 0 saturated carbocycles. The third-order valence-corrected chi connectivity index (χ3v) is 5.15. The smallest absolute Gasteiger partial charge is 0.338 e. The fraction of sp³-hybridized carbons (Fsp3) is 0.100. The molecule has 0 fully saturated rings. The molecule has 0 atom stereocenters. The quantitative estimate of drug-likeness (QED) is 0.351. The molecule has 150 valence electrons. The Morgan fingerprint density at radius 2 is 1.67 bits per heavy atom. The van der Waals surface area contributed by atoms with Gasteiger partial charge in [-0.25, -0.2) is 14.1 Å². The number of hydrogen-bond acceptors (Lipinski definition) is 8. The number of ether oxygens (including phenoxy) is 1. The number of hydrogen-bond donors (Lipinski definition) is 0. The molecule has 2 heterocycles. The van der Waals surface area contributed by atoms with Crippen LogP contribution in [0.5, 0.6) is 0 Å². The van der Waals surface area contributed by atoms with Gasteiger partial charge >= 0.3 is 5.97 Å². The maximum absolute atomic E-state index is 12.9. The number of carbonyl (C=O) groups is 4. The van der Waals surface area contributed by atoms with Crippen molar-refractivity contribution in [2.24, 2.45) is 0 Å². The van der Waals surface area contributed by atoms with Gasteiger partial charge in [-0.15, -0.1) is 10.2 Å². The first kappa shape index (κ1) is 19.5. The highest BCUT2D eigenvalue weighted by atomic mass is 32.1. The summed E-state index contributed by atoms with van der Waals surface area (Å²) in [5.41, 5.74) is 0.373. The van der Waals surface area contributed by atoms with Crippen LogP contribution in [-0.2, 0) is 4.74 Å². The number of fused-ring (bicyclic) bond motifs is 1. The molecule has 1 aliphatic rings. The molecule has 0 bridgehead atoms. The predicted octanol–water partition coefficient (Wildman–Crippen LogP) is 2.83. The molecule has 0 N–H and O–H groups in total. The summed E-state index contributed by atoms with van der Waals surface area (Å²) < 4.78 is 17.9. The van der Waals surface area contributed by atoms with Crippen molar-refractivity contribution in [3.8, 4) is 0 Å². The summed E-state index contributed by atoms with van der Waals surface area (Å²) >= 11 is 1.09. The molecule has 4 rings (SSSR count). The van der Waals surface area contributed by atoms with Crippen LogP contribution in [0.25, 0.3) is 0 Å². The Morgan fingerprint density at radius 1 is 1.00 bits per heavy atom. The Balaban J connectivity index is 1.49. The molecular weight excluding hydrogens is 413 g/mol. The van der Waals surface area contributed by atoms with E-state index in [1.807, 2.05) is 0 Å².